The van der Waals surface area contributed by atoms with Crippen LogP contribution in [-0.2, 0) is 4.79 Å². The van der Waals surface area contributed by atoms with Crippen LogP contribution >= 0.6 is 0 Å². The molecule has 1 amide bonds. The van der Waals surface area contributed by atoms with Crippen LogP contribution in [0.2, 0.25) is 0 Å². The van der Waals surface area contributed by atoms with Crippen molar-refractivity contribution in [2.75, 3.05) is 13.1 Å². The Morgan fingerprint density at radius 1 is 1.44 bits per heavy atom. The summed E-state index contributed by atoms with van der Waals surface area (Å²) in [4.78, 5) is 11.9. The molecule has 2 fully saturated rings. The lowest BCUT2D eigenvalue weighted by molar-refractivity contribution is -0.123. The zero-order valence-corrected chi connectivity index (χ0v) is 10.3. The number of hydrogen-bond acceptors (Lipinski definition) is 2. The summed E-state index contributed by atoms with van der Waals surface area (Å²) >= 11 is 0. The van der Waals surface area contributed by atoms with Crippen molar-refractivity contribution in [1.82, 2.24) is 10.6 Å². The number of piperidine rings is 1. The predicted molar refractivity (Wildman–Crippen MR) is 65.2 cm³/mol. The highest BCUT2D eigenvalue weighted by molar-refractivity contribution is 5.81. The van der Waals surface area contributed by atoms with Crippen molar-refractivity contribution < 1.29 is 4.79 Å². The summed E-state index contributed by atoms with van der Waals surface area (Å²) in [6.45, 7) is 4.13. The number of carbonyl (C=O) groups excluding carboxylic acids is 1. The third kappa shape index (κ3) is 2.97. The monoisotopic (exact) mass is 224 g/mol. The molecule has 0 aromatic heterocycles. The Morgan fingerprint density at radius 3 is 2.81 bits per heavy atom. The summed E-state index contributed by atoms with van der Waals surface area (Å²) < 4.78 is 0. The molecule has 1 atom stereocenters. The van der Waals surface area contributed by atoms with E-state index in [0.29, 0.717) is 5.41 Å². The second kappa shape index (κ2) is 5.17. The van der Waals surface area contributed by atoms with Gasteiger partial charge in [-0.25, -0.2) is 0 Å². The van der Waals surface area contributed by atoms with Gasteiger partial charge in [-0.05, 0) is 44.1 Å². The zero-order valence-electron chi connectivity index (χ0n) is 10.3. The fraction of sp³-hybridized carbons (Fsp3) is 0.923. The fourth-order valence-corrected chi connectivity index (χ4v) is 2.70. The third-order valence-electron chi connectivity index (χ3n) is 4.00. The third-order valence-corrected chi connectivity index (χ3v) is 4.00. The van der Waals surface area contributed by atoms with E-state index in [1.165, 1.54) is 38.5 Å². The molecule has 92 valence electrons. The predicted octanol–water partition coefficient (Wildman–Crippen LogP) is 1.82. The van der Waals surface area contributed by atoms with Crippen molar-refractivity contribution in [2.24, 2.45) is 5.41 Å². The Morgan fingerprint density at radius 2 is 2.25 bits per heavy atom. The minimum Gasteiger partial charge on any atom is -0.354 e. The van der Waals surface area contributed by atoms with Gasteiger partial charge in [0.05, 0.1) is 6.04 Å². The number of carbonyl (C=O) groups is 1. The molecule has 1 heterocycles. The molecule has 0 radical (unpaired) electrons. The van der Waals surface area contributed by atoms with Gasteiger partial charge in [0.15, 0.2) is 0 Å². The molecule has 0 aromatic carbocycles. The number of amides is 1. The van der Waals surface area contributed by atoms with Crippen LogP contribution in [0.5, 0.6) is 0 Å². The summed E-state index contributed by atoms with van der Waals surface area (Å²) in [5.41, 5.74) is 0.471. The van der Waals surface area contributed by atoms with E-state index < -0.39 is 0 Å². The van der Waals surface area contributed by atoms with Gasteiger partial charge in [0.25, 0.3) is 0 Å². The molecular formula is C13H24N2O. The van der Waals surface area contributed by atoms with Gasteiger partial charge in [-0.3, -0.25) is 4.79 Å². The smallest absolute Gasteiger partial charge is 0.237 e. The van der Waals surface area contributed by atoms with Gasteiger partial charge in [-0.2, -0.15) is 0 Å². The Balaban J connectivity index is 1.70. The van der Waals surface area contributed by atoms with Crippen molar-refractivity contribution in [3.63, 3.8) is 0 Å². The number of nitrogens with one attached hydrogen (secondary N) is 2. The molecule has 2 N–H and O–H groups in total. The molecule has 1 saturated heterocycles. The summed E-state index contributed by atoms with van der Waals surface area (Å²) in [5, 5.41) is 6.43. The Kier molecular flexibility index (Phi) is 3.85. The van der Waals surface area contributed by atoms with Crippen molar-refractivity contribution >= 4 is 5.91 Å². The average molecular weight is 224 g/mol. The topological polar surface area (TPSA) is 41.1 Å². The minimum atomic E-state index is 0.0752. The first kappa shape index (κ1) is 11.9. The van der Waals surface area contributed by atoms with E-state index in [9.17, 15) is 4.79 Å². The minimum absolute atomic E-state index is 0.0752. The highest BCUT2D eigenvalue weighted by atomic mass is 16.2. The van der Waals surface area contributed by atoms with E-state index in [4.69, 9.17) is 0 Å². The zero-order chi connectivity index (χ0) is 11.4. The van der Waals surface area contributed by atoms with Gasteiger partial charge in [0.2, 0.25) is 5.91 Å². The van der Waals surface area contributed by atoms with Crippen LogP contribution in [0.15, 0.2) is 0 Å². The lowest BCUT2D eigenvalue weighted by Crippen LogP contribution is -2.47. The SMILES string of the molecule is CCCC1(CNC(=O)[C@@H]2CCCCN2)CC1. The molecule has 3 heteroatoms. The van der Waals surface area contributed by atoms with Crippen LogP contribution in [0.25, 0.3) is 0 Å². The maximum atomic E-state index is 11.9. The normalized spacial score (nSPS) is 27.4. The first-order valence-corrected chi connectivity index (χ1v) is 6.77. The van der Waals surface area contributed by atoms with Crippen LogP contribution in [0.1, 0.15) is 51.9 Å². The molecule has 0 spiro atoms. The van der Waals surface area contributed by atoms with Crippen molar-refractivity contribution in [3.8, 4) is 0 Å². The van der Waals surface area contributed by atoms with E-state index in [-0.39, 0.29) is 11.9 Å². The van der Waals surface area contributed by atoms with E-state index in [1.807, 2.05) is 0 Å². The number of hydrogen-bond donors (Lipinski definition) is 2. The van der Waals surface area contributed by atoms with Gasteiger partial charge in [-0.15, -0.1) is 0 Å². The van der Waals surface area contributed by atoms with Crippen LogP contribution in [-0.4, -0.2) is 25.0 Å². The summed E-state index contributed by atoms with van der Waals surface area (Å²) in [5.74, 6) is 0.224. The largest absolute Gasteiger partial charge is 0.354 e. The molecule has 0 bridgehead atoms. The molecule has 1 aliphatic heterocycles. The highest BCUT2D eigenvalue weighted by Crippen LogP contribution is 2.48. The number of rotatable bonds is 5. The molecule has 3 nitrogen and oxygen atoms in total. The van der Waals surface area contributed by atoms with E-state index >= 15 is 0 Å². The van der Waals surface area contributed by atoms with Gasteiger partial charge in [0.1, 0.15) is 0 Å². The van der Waals surface area contributed by atoms with Crippen LogP contribution < -0.4 is 10.6 Å². The van der Waals surface area contributed by atoms with E-state index in [2.05, 4.69) is 17.6 Å². The second-order valence-electron chi connectivity index (χ2n) is 5.47. The average Bonchev–Trinajstić information content (AvgIpc) is 3.08. The first-order chi connectivity index (χ1) is 7.76. The van der Waals surface area contributed by atoms with Gasteiger partial charge in [0, 0.05) is 6.54 Å². The fourth-order valence-electron chi connectivity index (χ4n) is 2.70. The van der Waals surface area contributed by atoms with Crippen LogP contribution in [0.4, 0.5) is 0 Å². The molecule has 0 aromatic rings. The molecule has 16 heavy (non-hydrogen) atoms. The Bertz CT molecular complexity index is 242. The summed E-state index contributed by atoms with van der Waals surface area (Å²) in [7, 11) is 0. The van der Waals surface area contributed by atoms with E-state index in [1.54, 1.807) is 0 Å². The first-order valence-electron chi connectivity index (χ1n) is 6.77. The highest BCUT2D eigenvalue weighted by Gasteiger charge is 2.41. The van der Waals surface area contributed by atoms with Crippen LogP contribution in [0, 0.1) is 5.41 Å². The van der Waals surface area contributed by atoms with Gasteiger partial charge in [-0.1, -0.05) is 19.8 Å². The lowest BCUT2D eigenvalue weighted by atomic mass is 10.00. The van der Waals surface area contributed by atoms with Gasteiger partial charge >= 0.3 is 0 Å². The van der Waals surface area contributed by atoms with Crippen molar-refractivity contribution in [1.29, 1.82) is 0 Å². The van der Waals surface area contributed by atoms with Crippen molar-refractivity contribution in [2.45, 2.75) is 57.9 Å². The Hall–Kier alpha value is -0.570. The standard InChI is InChI=1S/C13H24N2O/c1-2-6-13(7-8-13)10-15-12(16)11-5-3-4-9-14-11/h11,14H,2-10H2,1H3,(H,15,16)/t11-/m0/s1. The van der Waals surface area contributed by atoms with E-state index in [0.717, 1.165) is 19.5 Å². The molecular weight excluding hydrogens is 200 g/mol. The summed E-state index contributed by atoms with van der Waals surface area (Å²) in [6.07, 6.45) is 8.52. The molecule has 1 saturated carbocycles. The quantitative estimate of drug-likeness (QED) is 0.748. The molecule has 1 aliphatic carbocycles. The maximum Gasteiger partial charge on any atom is 0.237 e. The molecule has 2 rings (SSSR count). The maximum absolute atomic E-state index is 11.9. The summed E-state index contributed by atoms with van der Waals surface area (Å²) in [6, 6.07) is 0.0752. The Labute approximate surface area is 98.4 Å². The molecule has 2 aliphatic rings. The van der Waals surface area contributed by atoms with Crippen molar-refractivity contribution in [3.05, 3.63) is 0 Å². The molecule has 0 unspecified atom stereocenters. The van der Waals surface area contributed by atoms with Gasteiger partial charge < -0.3 is 10.6 Å². The lowest BCUT2D eigenvalue weighted by Gasteiger charge is -2.24. The second-order valence-corrected chi connectivity index (χ2v) is 5.47. The van der Waals surface area contributed by atoms with Crippen LogP contribution in [0.3, 0.4) is 0 Å².